The van der Waals surface area contributed by atoms with E-state index in [2.05, 4.69) is 20.3 Å². The van der Waals surface area contributed by atoms with E-state index in [0.717, 1.165) is 24.7 Å². The fourth-order valence-electron chi connectivity index (χ4n) is 2.30. The fraction of sp³-hybridized carbons (Fsp3) is 0.476. The van der Waals surface area contributed by atoms with Gasteiger partial charge in [-0.05, 0) is 39.2 Å². The van der Waals surface area contributed by atoms with Gasteiger partial charge in [0.25, 0.3) is 0 Å². The van der Waals surface area contributed by atoms with Crippen LogP contribution in [0.25, 0.3) is 0 Å². The summed E-state index contributed by atoms with van der Waals surface area (Å²) < 4.78 is 4.58. The Morgan fingerprint density at radius 1 is 1.09 bits per heavy atom. The lowest BCUT2D eigenvalue weighted by Gasteiger charge is -2.16. The predicted octanol–water partition coefficient (Wildman–Crippen LogP) is 1.48. The van der Waals surface area contributed by atoms with Gasteiger partial charge in [-0.1, -0.05) is 30.7 Å². The molecule has 1 rings (SSSR count). The molecule has 0 aromatic heterocycles. The number of nitrogens with one attached hydrogen (secondary N) is 1. The molecule has 1 aromatic rings. The van der Waals surface area contributed by atoms with Gasteiger partial charge in [0, 0.05) is 18.5 Å². The summed E-state index contributed by atoms with van der Waals surface area (Å²) in [6.45, 7) is 5.83. The standard InChI is InChI=1S/C16H23N5O3.C5H11NO2/c17-11-20-21-16(18)13-7-5-12(6-8-13)10-14(22)19-9-3-1-2-4-15(23)24;1-5(2,3)8-4(6)7/h5-8,11H,1-4,9-10H2,(H2,17,20)(H2,18,21)(H,19,22)(H,23,24);1-3H3,(H2,6,7). The Morgan fingerprint density at radius 2 is 1.72 bits per heavy atom. The molecule has 0 saturated carbocycles. The van der Waals surface area contributed by atoms with E-state index in [-0.39, 0.29) is 24.6 Å². The minimum absolute atomic E-state index is 0.0737. The quantitative estimate of drug-likeness (QED) is 0.154. The van der Waals surface area contributed by atoms with Crippen LogP contribution in [0.15, 0.2) is 34.5 Å². The predicted molar refractivity (Wildman–Crippen MR) is 123 cm³/mol. The summed E-state index contributed by atoms with van der Waals surface area (Å²) in [5, 5.41) is 18.5. The number of carboxylic acid groups (broad SMARTS) is 1. The van der Waals surface area contributed by atoms with Crippen LogP contribution in [-0.2, 0) is 20.7 Å². The number of carboxylic acids is 1. The minimum Gasteiger partial charge on any atom is -0.481 e. The molecule has 0 spiro atoms. The minimum atomic E-state index is -0.789. The molecule has 2 amide bonds. The zero-order valence-corrected chi connectivity index (χ0v) is 18.8. The number of carbonyl (C=O) groups excluding carboxylic acids is 2. The third-order valence-corrected chi connectivity index (χ3v) is 3.64. The first-order valence-electron chi connectivity index (χ1n) is 10.1. The fourth-order valence-corrected chi connectivity index (χ4v) is 2.30. The highest BCUT2D eigenvalue weighted by Crippen LogP contribution is 2.06. The number of amidine groups is 1. The van der Waals surface area contributed by atoms with Gasteiger partial charge in [0.05, 0.1) is 6.42 Å². The number of rotatable bonds is 10. The summed E-state index contributed by atoms with van der Waals surface area (Å²) in [6.07, 6.45) is 2.95. The van der Waals surface area contributed by atoms with Crippen LogP contribution in [0.1, 0.15) is 57.6 Å². The van der Waals surface area contributed by atoms with Crippen LogP contribution < -0.4 is 22.5 Å². The van der Waals surface area contributed by atoms with E-state index in [0.29, 0.717) is 18.5 Å². The smallest absolute Gasteiger partial charge is 0.405 e. The number of carbonyl (C=O) groups is 3. The third kappa shape index (κ3) is 16.2. The summed E-state index contributed by atoms with van der Waals surface area (Å²) in [5.74, 6) is -0.618. The number of primary amides is 1. The van der Waals surface area contributed by atoms with Crippen LogP contribution in [0.3, 0.4) is 0 Å². The monoisotopic (exact) mass is 450 g/mol. The van der Waals surface area contributed by atoms with Crippen LogP contribution in [0.5, 0.6) is 0 Å². The van der Waals surface area contributed by atoms with Gasteiger partial charge in [0.2, 0.25) is 5.91 Å². The van der Waals surface area contributed by atoms with E-state index >= 15 is 0 Å². The molecule has 0 unspecified atom stereocenters. The molecule has 11 nitrogen and oxygen atoms in total. The molecule has 0 fully saturated rings. The Labute approximate surface area is 188 Å². The van der Waals surface area contributed by atoms with Gasteiger partial charge >= 0.3 is 12.1 Å². The van der Waals surface area contributed by atoms with Gasteiger partial charge in [-0.3, -0.25) is 9.59 Å². The van der Waals surface area contributed by atoms with Crippen molar-refractivity contribution >= 4 is 30.1 Å². The van der Waals surface area contributed by atoms with Crippen molar-refractivity contribution in [2.24, 2.45) is 27.4 Å². The second-order valence-electron chi connectivity index (χ2n) is 7.71. The lowest BCUT2D eigenvalue weighted by atomic mass is 10.1. The Morgan fingerprint density at radius 3 is 2.19 bits per heavy atom. The normalized spacial score (nSPS) is 11.4. The van der Waals surface area contributed by atoms with Gasteiger partial charge in [-0.15, -0.1) is 10.2 Å². The molecule has 8 N–H and O–H groups in total. The maximum atomic E-state index is 11.8. The summed E-state index contributed by atoms with van der Waals surface area (Å²) in [7, 11) is 0. The molecular weight excluding hydrogens is 416 g/mol. The van der Waals surface area contributed by atoms with Gasteiger partial charge in [-0.2, -0.15) is 0 Å². The van der Waals surface area contributed by atoms with E-state index in [9.17, 15) is 14.4 Å². The van der Waals surface area contributed by atoms with Crippen LogP contribution in [0.4, 0.5) is 4.79 Å². The molecule has 178 valence electrons. The zero-order chi connectivity index (χ0) is 24.6. The number of nitrogens with zero attached hydrogens (tertiary/aromatic N) is 2. The van der Waals surface area contributed by atoms with Crippen molar-refractivity contribution in [3.63, 3.8) is 0 Å². The zero-order valence-electron chi connectivity index (χ0n) is 18.8. The molecule has 0 aliphatic carbocycles. The molecule has 1 aromatic carbocycles. The van der Waals surface area contributed by atoms with E-state index in [1.54, 1.807) is 45.0 Å². The van der Waals surface area contributed by atoms with E-state index in [1.807, 2.05) is 0 Å². The lowest BCUT2D eigenvalue weighted by Crippen LogP contribution is -2.27. The largest absolute Gasteiger partial charge is 0.481 e. The molecule has 0 bridgehead atoms. The molecule has 0 aliphatic heterocycles. The van der Waals surface area contributed by atoms with Crippen molar-refractivity contribution in [3.05, 3.63) is 35.4 Å². The van der Waals surface area contributed by atoms with Gasteiger partial charge in [0.15, 0.2) is 5.84 Å². The lowest BCUT2D eigenvalue weighted by molar-refractivity contribution is -0.137. The molecule has 0 atom stereocenters. The molecule has 0 saturated heterocycles. The first kappa shape index (κ1) is 28.4. The Bertz CT molecular complexity index is 785. The molecule has 0 heterocycles. The average molecular weight is 451 g/mol. The van der Waals surface area contributed by atoms with Crippen LogP contribution in [0, 0.1) is 0 Å². The second kappa shape index (κ2) is 15.2. The number of aliphatic carboxylic acids is 1. The van der Waals surface area contributed by atoms with Crippen molar-refractivity contribution in [1.29, 1.82) is 0 Å². The average Bonchev–Trinajstić information content (AvgIpc) is 2.67. The SMILES string of the molecule is CC(C)(C)OC(N)=O.N/C=N\N=C(/N)c1ccc(CC(=O)NCCCCCC(=O)O)cc1. The summed E-state index contributed by atoms with van der Waals surface area (Å²) in [5.41, 5.74) is 16.6. The first-order chi connectivity index (χ1) is 14.9. The van der Waals surface area contributed by atoms with Crippen molar-refractivity contribution < 1.29 is 24.2 Å². The molecule has 32 heavy (non-hydrogen) atoms. The Kier molecular flexibility index (Phi) is 13.5. The third-order valence-electron chi connectivity index (χ3n) is 3.64. The number of unbranched alkanes of at least 4 members (excludes halogenated alkanes) is 2. The van der Waals surface area contributed by atoms with Gasteiger partial charge < -0.3 is 32.4 Å². The van der Waals surface area contributed by atoms with Crippen molar-refractivity contribution in [1.82, 2.24) is 5.32 Å². The maximum absolute atomic E-state index is 11.8. The Balaban J connectivity index is 0.00000102. The highest BCUT2D eigenvalue weighted by atomic mass is 16.6. The summed E-state index contributed by atoms with van der Waals surface area (Å²) in [6, 6.07) is 7.13. The maximum Gasteiger partial charge on any atom is 0.405 e. The van der Waals surface area contributed by atoms with E-state index in [1.165, 1.54) is 0 Å². The Hall–Kier alpha value is -3.63. The van der Waals surface area contributed by atoms with Gasteiger partial charge in [0.1, 0.15) is 11.9 Å². The van der Waals surface area contributed by atoms with Crippen molar-refractivity contribution in [2.45, 2.75) is 58.5 Å². The highest BCUT2D eigenvalue weighted by molar-refractivity contribution is 5.97. The van der Waals surface area contributed by atoms with Crippen LogP contribution in [0.2, 0.25) is 0 Å². The number of amides is 2. The molecule has 0 radical (unpaired) electrons. The number of benzene rings is 1. The second-order valence-corrected chi connectivity index (χ2v) is 7.71. The number of nitrogens with two attached hydrogens (primary N) is 3. The highest BCUT2D eigenvalue weighted by Gasteiger charge is 2.12. The topological polar surface area (TPSA) is 195 Å². The number of ether oxygens (including phenoxy) is 1. The number of hydrogen-bond donors (Lipinski definition) is 5. The molecule has 0 aliphatic rings. The molecule has 11 heteroatoms. The van der Waals surface area contributed by atoms with E-state index in [4.69, 9.17) is 22.3 Å². The van der Waals surface area contributed by atoms with Crippen molar-refractivity contribution in [3.8, 4) is 0 Å². The van der Waals surface area contributed by atoms with E-state index < -0.39 is 17.7 Å². The summed E-state index contributed by atoms with van der Waals surface area (Å²) >= 11 is 0. The summed E-state index contributed by atoms with van der Waals surface area (Å²) in [4.78, 5) is 32.2. The van der Waals surface area contributed by atoms with Gasteiger partial charge in [-0.25, -0.2) is 4.79 Å². The first-order valence-corrected chi connectivity index (χ1v) is 10.1. The number of hydrogen-bond acceptors (Lipinski definition) is 6. The van der Waals surface area contributed by atoms with Crippen LogP contribution in [-0.4, -0.2) is 47.4 Å². The molecular formula is C21H34N6O5. The van der Waals surface area contributed by atoms with Crippen molar-refractivity contribution in [2.75, 3.05) is 6.54 Å². The van der Waals surface area contributed by atoms with Crippen LogP contribution >= 0.6 is 0 Å².